The maximum atomic E-state index is 12.2. The summed E-state index contributed by atoms with van der Waals surface area (Å²) in [4.78, 5) is 12.2. The van der Waals surface area contributed by atoms with Crippen LogP contribution in [0.25, 0.3) is 0 Å². The van der Waals surface area contributed by atoms with Crippen molar-refractivity contribution in [1.82, 2.24) is 10.6 Å². The van der Waals surface area contributed by atoms with E-state index in [1.54, 1.807) is 6.92 Å². The molecule has 0 radical (unpaired) electrons. The van der Waals surface area contributed by atoms with Gasteiger partial charge in [-0.1, -0.05) is 18.2 Å². The Kier molecular flexibility index (Phi) is 3.99. The second kappa shape index (κ2) is 5.50. The van der Waals surface area contributed by atoms with Crippen LogP contribution in [0.4, 0.5) is 0 Å². The Morgan fingerprint density at radius 2 is 2.39 bits per heavy atom. The SMILES string of the molecule is Cc1cccc2c1C(C(=O)NCC(C)O)CNC2. The summed E-state index contributed by atoms with van der Waals surface area (Å²) in [5, 5.41) is 15.3. The molecule has 98 valence electrons. The van der Waals surface area contributed by atoms with E-state index in [1.165, 1.54) is 5.56 Å². The van der Waals surface area contributed by atoms with Crippen molar-refractivity contribution in [2.45, 2.75) is 32.4 Å². The van der Waals surface area contributed by atoms with Crippen molar-refractivity contribution in [1.29, 1.82) is 0 Å². The molecule has 1 aliphatic heterocycles. The van der Waals surface area contributed by atoms with Crippen LogP contribution in [0.2, 0.25) is 0 Å². The number of aryl methyl sites for hydroxylation is 1. The van der Waals surface area contributed by atoms with Crippen molar-refractivity contribution in [3.8, 4) is 0 Å². The van der Waals surface area contributed by atoms with E-state index >= 15 is 0 Å². The molecule has 0 fully saturated rings. The van der Waals surface area contributed by atoms with Gasteiger partial charge in [0.15, 0.2) is 0 Å². The van der Waals surface area contributed by atoms with E-state index in [0.29, 0.717) is 13.1 Å². The normalized spacial score (nSPS) is 20.1. The average molecular weight is 248 g/mol. The molecule has 2 rings (SSSR count). The molecule has 1 heterocycles. The summed E-state index contributed by atoms with van der Waals surface area (Å²) < 4.78 is 0. The number of hydrogen-bond donors (Lipinski definition) is 3. The van der Waals surface area contributed by atoms with Crippen molar-refractivity contribution in [2.75, 3.05) is 13.1 Å². The van der Waals surface area contributed by atoms with Gasteiger partial charge >= 0.3 is 0 Å². The zero-order valence-corrected chi connectivity index (χ0v) is 10.9. The minimum absolute atomic E-state index is 0.0151. The number of benzene rings is 1. The highest BCUT2D eigenvalue weighted by Crippen LogP contribution is 2.27. The van der Waals surface area contributed by atoms with E-state index in [0.717, 1.165) is 17.7 Å². The van der Waals surface area contributed by atoms with Crippen molar-refractivity contribution >= 4 is 5.91 Å². The van der Waals surface area contributed by atoms with Gasteiger partial charge in [0.05, 0.1) is 12.0 Å². The maximum Gasteiger partial charge on any atom is 0.228 e. The Morgan fingerprint density at radius 3 is 3.11 bits per heavy atom. The van der Waals surface area contributed by atoms with Gasteiger partial charge in [0.25, 0.3) is 0 Å². The number of rotatable bonds is 3. The second-order valence-electron chi connectivity index (χ2n) is 4.93. The largest absolute Gasteiger partial charge is 0.392 e. The van der Waals surface area contributed by atoms with Crippen LogP contribution in [0.1, 0.15) is 29.5 Å². The smallest absolute Gasteiger partial charge is 0.228 e. The molecule has 0 saturated carbocycles. The molecule has 1 aliphatic rings. The van der Waals surface area contributed by atoms with Gasteiger partial charge in [0.1, 0.15) is 0 Å². The molecule has 0 saturated heterocycles. The van der Waals surface area contributed by atoms with Crippen LogP contribution >= 0.6 is 0 Å². The average Bonchev–Trinajstić information content (AvgIpc) is 2.35. The lowest BCUT2D eigenvalue weighted by Gasteiger charge is -2.27. The van der Waals surface area contributed by atoms with E-state index in [4.69, 9.17) is 0 Å². The minimum Gasteiger partial charge on any atom is -0.392 e. The van der Waals surface area contributed by atoms with Crippen LogP contribution in [0, 0.1) is 6.92 Å². The standard InChI is InChI=1S/C14H20N2O2/c1-9-4-3-5-11-7-15-8-12(13(9)11)14(18)16-6-10(2)17/h3-5,10,12,15,17H,6-8H2,1-2H3,(H,16,18). The fourth-order valence-electron chi connectivity index (χ4n) is 2.44. The summed E-state index contributed by atoms with van der Waals surface area (Å²) in [6.07, 6.45) is -0.512. The van der Waals surface area contributed by atoms with Gasteiger partial charge in [-0.2, -0.15) is 0 Å². The lowest BCUT2D eigenvalue weighted by molar-refractivity contribution is -0.123. The number of hydrogen-bond acceptors (Lipinski definition) is 3. The van der Waals surface area contributed by atoms with E-state index in [1.807, 2.05) is 19.1 Å². The summed E-state index contributed by atoms with van der Waals surface area (Å²) in [6.45, 7) is 5.48. The Labute approximate surface area is 107 Å². The van der Waals surface area contributed by atoms with Crippen LogP contribution in [-0.4, -0.2) is 30.2 Å². The van der Waals surface area contributed by atoms with Gasteiger partial charge in [0.2, 0.25) is 5.91 Å². The van der Waals surface area contributed by atoms with Gasteiger partial charge < -0.3 is 15.7 Å². The zero-order chi connectivity index (χ0) is 13.1. The van der Waals surface area contributed by atoms with Crippen LogP contribution in [0.5, 0.6) is 0 Å². The fraction of sp³-hybridized carbons (Fsp3) is 0.500. The first-order valence-corrected chi connectivity index (χ1v) is 6.34. The van der Waals surface area contributed by atoms with Gasteiger partial charge in [-0.3, -0.25) is 4.79 Å². The molecule has 4 heteroatoms. The van der Waals surface area contributed by atoms with Gasteiger partial charge in [0, 0.05) is 19.6 Å². The summed E-state index contributed by atoms with van der Waals surface area (Å²) in [5.74, 6) is -0.174. The third kappa shape index (κ3) is 2.71. The van der Waals surface area contributed by atoms with Crippen molar-refractivity contribution < 1.29 is 9.90 Å². The lowest BCUT2D eigenvalue weighted by Crippen LogP contribution is -2.41. The molecule has 0 spiro atoms. The first kappa shape index (κ1) is 13.1. The van der Waals surface area contributed by atoms with Crippen molar-refractivity contribution in [3.05, 3.63) is 34.9 Å². The van der Waals surface area contributed by atoms with Crippen molar-refractivity contribution in [2.24, 2.45) is 0 Å². The first-order valence-electron chi connectivity index (χ1n) is 6.34. The highest BCUT2D eigenvalue weighted by atomic mass is 16.3. The third-order valence-corrected chi connectivity index (χ3v) is 3.31. The summed E-state index contributed by atoms with van der Waals surface area (Å²) in [7, 11) is 0. The Balaban J connectivity index is 2.19. The summed E-state index contributed by atoms with van der Waals surface area (Å²) >= 11 is 0. The van der Waals surface area contributed by atoms with Gasteiger partial charge in [-0.25, -0.2) is 0 Å². The molecule has 0 aromatic heterocycles. The second-order valence-corrected chi connectivity index (χ2v) is 4.93. The number of aliphatic hydroxyl groups excluding tert-OH is 1. The van der Waals surface area contributed by atoms with E-state index in [9.17, 15) is 9.90 Å². The summed E-state index contributed by atoms with van der Waals surface area (Å²) in [5.41, 5.74) is 3.49. The molecule has 1 aromatic carbocycles. The highest BCUT2D eigenvalue weighted by molar-refractivity contribution is 5.85. The molecular formula is C14H20N2O2. The fourth-order valence-corrected chi connectivity index (χ4v) is 2.44. The molecule has 1 amide bonds. The van der Waals surface area contributed by atoms with E-state index in [2.05, 4.69) is 16.7 Å². The predicted octanol–water partition coefficient (Wildman–Crippen LogP) is 0.679. The van der Waals surface area contributed by atoms with Gasteiger partial charge in [-0.15, -0.1) is 0 Å². The minimum atomic E-state index is -0.512. The van der Waals surface area contributed by atoms with Crippen molar-refractivity contribution in [3.63, 3.8) is 0 Å². The monoisotopic (exact) mass is 248 g/mol. The molecule has 18 heavy (non-hydrogen) atoms. The number of aliphatic hydroxyl groups is 1. The number of carbonyl (C=O) groups excluding carboxylic acids is 1. The van der Waals surface area contributed by atoms with Crippen LogP contribution in [-0.2, 0) is 11.3 Å². The quantitative estimate of drug-likeness (QED) is 0.737. The Hall–Kier alpha value is -1.39. The molecular weight excluding hydrogens is 228 g/mol. The maximum absolute atomic E-state index is 12.2. The first-order chi connectivity index (χ1) is 8.59. The van der Waals surface area contributed by atoms with Crippen LogP contribution in [0.15, 0.2) is 18.2 Å². The van der Waals surface area contributed by atoms with Gasteiger partial charge in [-0.05, 0) is 30.5 Å². The number of amides is 1. The number of nitrogens with one attached hydrogen (secondary N) is 2. The molecule has 3 N–H and O–H groups in total. The molecule has 0 bridgehead atoms. The Bertz CT molecular complexity index is 443. The highest BCUT2D eigenvalue weighted by Gasteiger charge is 2.27. The molecule has 1 aromatic rings. The third-order valence-electron chi connectivity index (χ3n) is 3.31. The molecule has 0 aliphatic carbocycles. The topological polar surface area (TPSA) is 61.4 Å². The van der Waals surface area contributed by atoms with E-state index in [-0.39, 0.29) is 11.8 Å². The number of carbonyl (C=O) groups is 1. The molecule has 2 unspecified atom stereocenters. The molecule has 4 nitrogen and oxygen atoms in total. The zero-order valence-electron chi connectivity index (χ0n) is 10.9. The predicted molar refractivity (Wildman–Crippen MR) is 70.3 cm³/mol. The Morgan fingerprint density at radius 1 is 1.61 bits per heavy atom. The lowest BCUT2D eigenvalue weighted by atomic mass is 9.87. The van der Waals surface area contributed by atoms with Crippen LogP contribution in [0.3, 0.4) is 0 Å². The summed E-state index contributed by atoms with van der Waals surface area (Å²) in [6, 6.07) is 6.12. The van der Waals surface area contributed by atoms with Crippen LogP contribution < -0.4 is 10.6 Å². The molecule has 2 atom stereocenters. The van der Waals surface area contributed by atoms with E-state index < -0.39 is 6.10 Å². The number of fused-ring (bicyclic) bond motifs is 1.